The van der Waals surface area contributed by atoms with E-state index < -0.39 is 22.0 Å². The smallest absolute Gasteiger partial charge is 0.239 e. The van der Waals surface area contributed by atoms with Crippen molar-refractivity contribution in [2.75, 3.05) is 18.1 Å². The van der Waals surface area contributed by atoms with Crippen molar-refractivity contribution < 1.29 is 18.0 Å². The van der Waals surface area contributed by atoms with E-state index in [-0.39, 0.29) is 12.3 Å². The molecule has 138 valence electrons. The first-order valence-electron chi connectivity index (χ1n) is 8.11. The minimum atomic E-state index is -3.59. The Labute approximate surface area is 153 Å². The van der Waals surface area contributed by atoms with Crippen LogP contribution in [0.25, 0.3) is 0 Å². The molecule has 0 bridgehead atoms. The van der Waals surface area contributed by atoms with Gasteiger partial charge in [-0.1, -0.05) is 30.3 Å². The van der Waals surface area contributed by atoms with E-state index in [1.165, 1.54) is 6.92 Å². The summed E-state index contributed by atoms with van der Waals surface area (Å²) in [5.41, 5.74) is 1.84. The number of hydrogen-bond donors (Lipinski definition) is 1. The van der Waals surface area contributed by atoms with E-state index in [4.69, 9.17) is 0 Å². The lowest BCUT2D eigenvalue weighted by Gasteiger charge is -2.26. The zero-order valence-corrected chi connectivity index (χ0v) is 15.8. The van der Waals surface area contributed by atoms with Crippen LogP contribution in [-0.4, -0.2) is 37.2 Å². The number of hydrogen-bond acceptors (Lipinski definition) is 4. The van der Waals surface area contributed by atoms with Crippen molar-refractivity contribution in [1.82, 2.24) is 4.31 Å². The maximum atomic E-state index is 12.3. The molecule has 7 heteroatoms. The number of nitrogens with one attached hydrogen (secondary N) is 1. The van der Waals surface area contributed by atoms with Crippen molar-refractivity contribution in [3.05, 3.63) is 65.7 Å². The van der Waals surface area contributed by atoms with E-state index in [1.807, 2.05) is 30.3 Å². The third kappa shape index (κ3) is 5.24. The lowest BCUT2D eigenvalue weighted by molar-refractivity contribution is -0.116. The molecule has 0 aliphatic carbocycles. The number of anilines is 1. The lowest BCUT2D eigenvalue weighted by atomic mass is 10.1. The number of benzene rings is 2. The zero-order valence-electron chi connectivity index (χ0n) is 15.0. The molecule has 6 nitrogen and oxygen atoms in total. The monoisotopic (exact) mass is 374 g/mol. The van der Waals surface area contributed by atoms with E-state index in [9.17, 15) is 18.0 Å². The van der Waals surface area contributed by atoms with Gasteiger partial charge in [-0.25, -0.2) is 8.42 Å². The largest absolute Gasteiger partial charge is 0.325 e. The standard InChI is InChI=1S/C19H22N2O4S/c1-14(16-7-5-4-6-8-16)21(26(3,24)25)13-19(23)20-18-11-9-17(10-12-18)15(2)22/h4-12,14H,13H2,1-3H3,(H,20,23). The second-order valence-electron chi connectivity index (χ2n) is 6.08. The molecule has 0 aromatic heterocycles. The average Bonchev–Trinajstić information content (AvgIpc) is 2.59. The van der Waals surface area contributed by atoms with Gasteiger partial charge in [0.15, 0.2) is 5.78 Å². The molecule has 0 heterocycles. The Kier molecular flexibility index (Phi) is 6.28. The lowest BCUT2D eigenvalue weighted by Crippen LogP contribution is -2.39. The van der Waals surface area contributed by atoms with Gasteiger partial charge in [0.1, 0.15) is 0 Å². The molecule has 0 saturated carbocycles. The van der Waals surface area contributed by atoms with Crippen LogP contribution in [0.15, 0.2) is 54.6 Å². The first kappa shape index (κ1) is 19.8. The molecule has 2 rings (SSSR count). The van der Waals surface area contributed by atoms with E-state index in [1.54, 1.807) is 31.2 Å². The number of carbonyl (C=O) groups excluding carboxylic acids is 2. The summed E-state index contributed by atoms with van der Waals surface area (Å²) in [6, 6.07) is 15.1. The fourth-order valence-corrected chi connectivity index (χ4v) is 3.62. The first-order chi connectivity index (χ1) is 12.2. The van der Waals surface area contributed by atoms with Crippen LogP contribution in [0.2, 0.25) is 0 Å². The van der Waals surface area contributed by atoms with Crippen LogP contribution >= 0.6 is 0 Å². The predicted molar refractivity (Wildman–Crippen MR) is 101 cm³/mol. The average molecular weight is 374 g/mol. The van der Waals surface area contributed by atoms with Gasteiger partial charge in [0, 0.05) is 17.3 Å². The van der Waals surface area contributed by atoms with Gasteiger partial charge in [-0.3, -0.25) is 9.59 Å². The summed E-state index contributed by atoms with van der Waals surface area (Å²) in [6.45, 7) is 2.90. The van der Waals surface area contributed by atoms with Gasteiger partial charge in [0.2, 0.25) is 15.9 Å². The Morgan fingerprint density at radius 3 is 2.12 bits per heavy atom. The van der Waals surface area contributed by atoms with Gasteiger partial charge in [-0.15, -0.1) is 0 Å². The van der Waals surface area contributed by atoms with Crippen LogP contribution in [0, 0.1) is 0 Å². The summed E-state index contributed by atoms with van der Waals surface area (Å²) in [4.78, 5) is 23.6. The van der Waals surface area contributed by atoms with Crippen LogP contribution in [0.4, 0.5) is 5.69 Å². The Morgan fingerprint density at radius 2 is 1.62 bits per heavy atom. The van der Waals surface area contributed by atoms with Crippen LogP contribution in [0.5, 0.6) is 0 Å². The number of carbonyl (C=O) groups is 2. The predicted octanol–water partition coefficient (Wildman–Crippen LogP) is 2.85. The van der Waals surface area contributed by atoms with E-state index in [0.717, 1.165) is 16.1 Å². The summed E-state index contributed by atoms with van der Waals surface area (Å²) in [7, 11) is -3.59. The molecule has 1 N–H and O–H groups in total. The molecule has 2 aromatic carbocycles. The minimum Gasteiger partial charge on any atom is -0.325 e. The maximum Gasteiger partial charge on any atom is 0.239 e. The highest BCUT2D eigenvalue weighted by Crippen LogP contribution is 2.22. The molecular weight excluding hydrogens is 352 g/mol. The highest BCUT2D eigenvalue weighted by atomic mass is 32.2. The summed E-state index contributed by atoms with van der Waals surface area (Å²) in [6.07, 6.45) is 1.08. The molecule has 1 amide bonds. The Hall–Kier alpha value is -2.51. The van der Waals surface area contributed by atoms with Gasteiger partial charge in [0.25, 0.3) is 0 Å². The van der Waals surface area contributed by atoms with Gasteiger partial charge in [0.05, 0.1) is 12.8 Å². The Bertz CT molecular complexity index is 878. The first-order valence-corrected chi connectivity index (χ1v) is 9.96. The third-order valence-corrected chi connectivity index (χ3v) is 5.31. The summed E-state index contributed by atoms with van der Waals surface area (Å²) < 4.78 is 25.5. The van der Waals surface area contributed by atoms with Crippen LogP contribution in [-0.2, 0) is 14.8 Å². The molecule has 26 heavy (non-hydrogen) atoms. The van der Waals surface area contributed by atoms with Gasteiger partial charge >= 0.3 is 0 Å². The van der Waals surface area contributed by atoms with Crippen LogP contribution in [0.3, 0.4) is 0 Å². The van der Waals surface area contributed by atoms with E-state index in [0.29, 0.717) is 11.3 Å². The van der Waals surface area contributed by atoms with E-state index >= 15 is 0 Å². The molecule has 0 aliphatic heterocycles. The quantitative estimate of drug-likeness (QED) is 0.756. The number of rotatable bonds is 7. The number of ketones is 1. The second-order valence-corrected chi connectivity index (χ2v) is 8.01. The fourth-order valence-electron chi connectivity index (χ4n) is 2.57. The molecule has 1 unspecified atom stereocenters. The normalized spacial score (nSPS) is 12.6. The van der Waals surface area contributed by atoms with Crippen molar-refractivity contribution in [1.29, 1.82) is 0 Å². The van der Waals surface area contributed by atoms with Gasteiger partial charge in [-0.05, 0) is 43.7 Å². The number of amides is 1. The topological polar surface area (TPSA) is 83.6 Å². The molecule has 0 aliphatic rings. The van der Waals surface area contributed by atoms with Crippen LogP contribution in [0.1, 0.15) is 35.8 Å². The summed E-state index contributed by atoms with van der Waals surface area (Å²) in [5, 5.41) is 2.66. The molecular formula is C19H22N2O4S. The summed E-state index contributed by atoms with van der Waals surface area (Å²) in [5.74, 6) is -0.517. The third-order valence-electron chi connectivity index (χ3n) is 4.01. The maximum absolute atomic E-state index is 12.3. The molecule has 0 spiro atoms. The van der Waals surface area contributed by atoms with Gasteiger partial charge < -0.3 is 5.32 Å². The Morgan fingerprint density at radius 1 is 1.04 bits per heavy atom. The second kappa shape index (κ2) is 8.25. The van der Waals surface area contributed by atoms with Crippen LogP contribution < -0.4 is 5.32 Å². The zero-order chi connectivity index (χ0) is 19.3. The van der Waals surface area contributed by atoms with E-state index in [2.05, 4.69) is 5.32 Å². The minimum absolute atomic E-state index is 0.0668. The fraction of sp³-hybridized carbons (Fsp3) is 0.263. The highest BCUT2D eigenvalue weighted by Gasteiger charge is 2.26. The van der Waals surface area contributed by atoms with Crippen molar-refractivity contribution in [2.24, 2.45) is 0 Å². The highest BCUT2D eigenvalue weighted by molar-refractivity contribution is 7.88. The molecule has 2 aromatic rings. The van der Waals surface area contributed by atoms with Crippen molar-refractivity contribution >= 4 is 27.4 Å². The molecule has 0 saturated heterocycles. The van der Waals surface area contributed by atoms with Gasteiger partial charge in [-0.2, -0.15) is 4.31 Å². The van der Waals surface area contributed by atoms with Crippen molar-refractivity contribution in [3.63, 3.8) is 0 Å². The SMILES string of the molecule is CC(=O)c1ccc(NC(=O)CN(C(C)c2ccccc2)S(C)(=O)=O)cc1. The molecule has 0 radical (unpaired) electrons. The molecule has 0 fully saturated rings. The van der Waals surface area contributed by atoms with Crippen molar-refractivity contribution in [3.8, 4) is 0 Å². The summed E-state index contributed by atoms with van der Waals surface area (Å²) >= 11 is 0. The molecule has 1 atom stereocenters. The number of sulfonamides is 1. The number of nitrogens with zero attached hydrogens (tertiary/aromatic N) is 1. The number of Topliss-reactive ketones (excluding diaryl/α,β-unsaturated/α-hetero) is 1. The Balaban J connectivity index is 2.13. The van der Waals surface area contributed by atoms with Crippen molar-refractivity contribution in [2.45, 2.75) is 19.9 Å².